The Bertz CT molecular complexity index is 177. The lowest BCUT2D eigenvalue weighted by atomic mass is 10.0. The van der Waals surface area contributed by atoms with E-state index in [1.54, 1.807) is 0 Å². The van der Waals surface area contributed by atoms with Crippen molar-refractivity contribution in [1.82, 2.24) is 10.2 Å². The minimum atomic E-state index is 0.504. The molecule has 0 spiro atoms. The first kappa shape index (κ1) is 11.6. The SMILES string of the molecule is CCCCC(C)CN1C=CCNC1C. The number of hydrogen-bond donors (Lipinski definition) is 1. The van der Waals surface area contributed by atoms with Gasteiger partial charge in [0, 0.05) is 13.1 Å². The second-order valence-electron chi connectivity index (χ2n) is 4.41. The van der Waals surface area contributed by atoms with Crippen LogP contribution in [0.25, 0.3) is 0 Å². The lowest BCUT2D eigenvalue weighted by Crippen LogP contribution is -2.45. The number of unbranched alkanes of at least 4 members (excludes halogenated alkanes) is 1. The number of rotatable bonds is 5. The maximum Gasteiger partial charge on any atom is 0.0764 e. The molecule has 1 aliphatic heterocycles. The molecule has 0 aliphatic carbocycles. The van der Waals surface area contributed by atoms with E-state index in [9.17, 15) is 0 Å². The maximum atomic E-state index is 3.43. The van der Waals surface area contributed by atoms with Crippen LogP contribution in [0, 0.1) is 5.92 Å². The average Bonchev–Trinajstić information content (AvgIpc) is 2.18. The second kappa shape index (κ2) is 6.07. The molecule has 0 bridgehead atoms. The quantitative estimate of drug-likeness (QED) is 0.727. The highest BCUT2D eigenvalue weighted by Gasteiger charge is 2.14. The van der Waals surface area contributed by atoms with E-state index in [-0.39, 0.29) is 0 Å². The molecule has 1 heterocycles. The highest BCUT2D eigenvalue weighted by molar-refractivity contribution is 4.92. The van der Waals surface area contributed by atoms with Crippen LogP contribution < -0.4 is 5.32 Å². The number of hydrogen-bond acceptors (Lipinski definition) is 2. The van der Waals surface area contributed by atoms with Crippen molar-refractivity contribution in [1.29, 1.82) is 0 Å². The van der Waals surface area contributed by atoms with E-state index in [4.69, 9.17) is 0 Å². The minimum absolute atomic E-state index is 0.504. The smallest absolute Gasteiger partial charge is 0.0764 e. The van der Waals surface area contributed by atoms with Crippen molar-refractivity contribution in [2.24, 2.45) is 5.92 Å². The van der Waals surface area contributed by atoms with E-state index in [0.29, 0.717) is 6.17 Å². The molecule has 0 amide bonds. The fourth-order valence-electron chi connectivity index (χ4n) is 1.90. The fraction of sp³-hybridized carbons (Fsp3) is 0.833. The minimum Gasteiger partial charge on any atom is -0.362 e. The molecule has 0 saturated carbocycles. The van der Waals surface area contributed by atoms with Gasteiger partial charge in [-0.05, 0) is 25.5 Å². The summed E-state index contributed by atoms with van der Waals surface area (Å²) in [5, 5.41) is 3.43. The Labute approximate surface area is 88.4 Å². The fourth-order valence-corrected chi connectivity index (χ4v) is 1.90. The summed E-state index contributed by atoms with van der Waals surface area (Å²) in [6, 6.07) is 0. The first-order valence-electron chi connectivity index (χ1n) is 5.89. The van der Waals surface area contributed by atoms with Gasteiger partial charge in [-0.15, -0.1) is 0 Å². The monoisotopic (exact) mass is 196 g/mol. The summed E-state index contributed by atoms with van der Waals surface area (Å²) in [6.07, 6.45) is 8.97. The predicted octanol–water partition coefficient (Wildman–Crippen LogP) is 2.58. The molecule has 2 unspecified atom stereocenters. The van der Waals surface area contributed by atoms with Gasteiger partial charge < -0.3 is 4.90 Å². The molecule has 1 N–H and O–H groups in total. The third kappa shape index (κ3) is 3.70. The van der Waals surface area contributed by atoms with Crippen LogP contribution in [0.4, 0.5) is 0 Å². The first-order valence-corrected chi connectivity index (χ1v) is 5.89. The van der Waals surface area contributed by atoms with Crippen LogP contribution in [0.1, 0.15) is 40.0 Å². The Morgan fingerprint density at radius 3 is 3.00 bits per heavy atom. The molecule has 0 saturated heterocycles. The van der Waals surface area contributed by atoms with Crippen LogP contribution in [-0.2, 0) is 0 Å². The molecule has 82 valence electrons. The van der Waals surface area contributed by atoms with Gasteiger partial charge >= 0.3 is 0 Å². The second-order valence-corrected chi connectivity index (χ2v) is 4.41. The van der Waals surface area contributed by atoms with Gasteiger partial charge in [0.2, 0.25) is 0 Å². The van der Waals surface area contributed by atoms with Crippen LogP contribution in [0.3, 0.4) is 0 Å². The van der Waals surface area contributed by atoms with Crippen molar-refractivity contribution in [2.75, 3.05) is 13.1 Å². The van der Waals surface area contributed by atoms with Crippen LogP contribution in [-0.4, -0.2) is 24.2 Å². The first-order chi connectivity index (χ1) is 6.74. The van der Waals surface area contributed by atoms with E-state index >= 15 is 0 Å². The van der Waals surface area contributed by atoms with Gasteiger partial charge in [0.15, 0.2) is 0 Å². The Kier molecular flexibility index (Phi) is 5.02. The van der Waals surface area contributed by atoms with Crippen LogP contribution >= 0.6 is 0 Å². The van der Waals surface area contributed by atoms with E-state index in [0.717, 1.165) is 12.5 Å². The third-order valence-electron chi connectivity index (χ3n) is 2.90. The number of nitrogens with one attached hydrogen (secondary N) is 1. The molecule has 0 aromatic heterocycles. The molecule has 2 nitrogen and oxygen atoms in total. The molecule has 2 atom stereocenters. The average molecular weight is 196 g/mol. The van der Waals surface area contributed by atoms with Gasteiger partial charge in [-0.25, -0.2) is 0 Å². The largest absolute Gasteiger partial charge is 0.362 e. The van der Waals surface area contributed by atoms with Crippen molar-refractivity contribution in [3.8, 4) is 0 Å². The Hall–Kier alpha value is -0.500. The van der Waals surface area contributed by atoms with Crippen LogP contribution in [0.5, 0.6) is 0 Å². The summed E-state index contributed by atoms with van der Waals surface area (Å²) < 4.78 is 0. The molecule has 14 heavy (non-hydrogen) atoms. The van der Waals surface area contributed by atoms with Gasteiger partial charge in [0.05, 0.1) is 6.17 Å². The molecule has 0 aromatic carbocycles. The standard InChI is InChI=1S/C12H24N2/c1-4-5-7-11(2)10-14-9-6-8-13-12(14)3/h6,9,11-13H,4-5,7-8,10H2,1-3H3. The molecule has 2 heteroatoms. The predicted molar refractivity (Wildman–Crippen MR) is 62.0 cm³/mol. The van der Waals surface area contributed by atoms with Crippen molar-refractivity contribution in [3.63, 3.8) is 0 Å². The van der Waals surface area contributed by atoms with Crippen LogP contribution in [0.2, 0.25) is 0 Å². The van der Waals surface area contributed by atoms with Gasteiger partial charge in [0.1, 0.15) is 0 Å². The van der Waals surface area contributed by atoms with Crippen molar-refractivity contribution >= 4 is 0 Å². The summed E-state index contributed by atoms with van der Waals surface area (Å²) in [5.41, 5.74) is 0. The molecule has 0 fully saturated rings. The van der Waals surface area contributed by atoms with Crippen LogP contribution in [0.15, 0.2) is 12.3 Å². The molecule has 0 radical (unpaired) electrons. The van der Waals surface area contributed by atoms with Crippen molar-refractivity contribution < 1.29 is 0 Å². The van der Waals surface area contributed by atoms with Gasteiger partial charge in [-0.1, -0.05) is 32.8 Å². The summed E-state index contributed by atoms with van der Waals surface area (Å²) in [5.74, 6) is 0.807. The van der Waals surface area contributed by atoms with E-state index in [2.05, 4.69) is 43.3 Å². The topological polar surface area (TPSA) is 15.3 Å². The van der Waals surface area contributed by atoms with Gasteiger partial charge in [-0.2, -0.15) is 0 Å². The Balaban J connectivity index is 2.27. The maximum absolute atomic E-state index is 3.43. The Morgan fingerprint density at radius 1 is 1.57 bits per heavy atom. The lowest BCUT2D eigenvalue weighted by molar-refractivity contribution is 0.209. The van der Waals surface area contributed by atoms with Crippen molar-refractivity contribution in [2.45, 2.75) is 46.2 Å². The number of nitrogens with zero attached hydrogens (tertiary/aromatic N) is 1. The third-order valence-corrected chi connectivity index (χ3v) is 2.90. The molecule has 1 rings (SSSR count). The molecular formula is C12H24N2. The van der Waals surface area contributed by atoms with E-state index in [1.807, 2.05) is 0 Å². The summed E-state index contributed by atoms with van der Waals surface area (Å²) >= 11 is 0. The molecular weight excluding hydrogens is 172 g/mol. The van der Waals surface area contributed by atoms with Crippen molar-refractivity contribution in [3.05, 3.63) is 12.3 Å². The molecule has 1 aliphatic rings. The van der Waals surface area contributed by atoms with Gasteiger partial charge in [0.25, 0.3) is 0 Å². The Morgan fingerprint density at radius 2 is 2.36 bits per heavy atom. The van der Waals surface area contributed by atoms with E-state index in [1.165, 1.54) is 25.8 Å². The highest BCUT2D eigenvalue weighted by atomic mass is 15.3. The molecule has 0 aromatic rings. The van der Waals surface area contributed by atoms with Gasteiger partial charge in [-0.3, -0.25) is 5.32 Å². The lowest BCUT2D eigenvalue weighted by Gasteiger charge is -2.33. The zero-order valence-electron chi connectivity index (χ0n) is 9.79. The zero-order chi connectivity index (χ0) is 10.4. The normalized spacial score (nSPS) is 23.9. The zero-order valence-corrected chi connectivity index (χ0v) is 9.79. The highest BCUT2D eigenvalue weighted by Crippen LogP contribution is 2.12. The van der Waals surface area contributed by atoms with E-state index < -0.39 is 0 Å². The summed E-state index contributed by atoms with van der Waals surface area (Å²) in [6.45, 7) is 9.05. The summed E-state index contributed by atoms with van der Waals surface area (Å²) in [4.78, 5) is 2.41. The summed E-state index contributed by atoms with van der Waals surface area (Å²) in [7, 11) is 0.